The number of fused-ring (bicyclic) bond motifs is 1. The number of benzene rings is 2. The van der Waals surface area contributed by atoms with Gasteiger partial charge in [0.05, 0.1) is 12.2 Å². The highest BCUT2D eigenvalue weighted by Crippen LogP contribution is 2.34. The van der Waals surface area contributed by atoms with Gasteiger partial charge in [-0.25, -0.2) is 8.96 Å². The molecule has 1 aromatic heterocycles. The van der Waals surface area contributed by atoms with E-state index in [0.29, 0.717) is 30.2 Å². The van der Waals surface area contributed by atoms with Crippen LogP contribution in [0.15, 0.2) is 72.8 Å². The van der Waals surface area contributed by atoms with Gasteiger partial charge in [0.25, 0.3) is 0 Å². The fourth-order valence-corrected chi connectivity index (χ4v) is 3.09. The molecular formula is C23H19ClFNO3. The van der Waals surface area contributed by atoms with Crippen LogP contribution in [0.2, 0.25) is 0 Å². The van der Waals surface area contributed by atoms with E-state index in [9.17, 15) is 9.18 Å². The van der Waals surface area contributed by atoms with E-state index in [1.165, 1.54) is 12.1 Å². The molecule has 0 spiro atoms. The molecule has 0 saturated carbocycles. The maximum atomic E-state index is 13.3. The average molecular weight is 412 g/mol. The van der Waals surface area contributed by atoms with Crippen molar-refractivity contribution in [2.24, 2.45) is 0 Å². The molecule has 0 unspecified atom stereocenters. The van der Waals surface area contributed by atoms with Crippen molar-refractivity contribution in [2.75, 3.05) is 6.61 Å². The first-order valence-corrected chi connectivity index (χ1v) is 9.07. The Hall–Kier alpha value is -3.18. The van der Waals surface area contributed by atoms with Crippen LogP contribution in [0.5, 0.6) is 11.5 Å². The van der Waals surface area contributed by atoms with Crippen molar-refractivity contribution < 1.29 is 35.6 Å². The quantitative estimate of drug-likeness (QED) is 0.467. The fourth-order valence-electron chi connectivity index (χ4n) is 3.09. The smallest absolute Gasteiger partial charge is 0.231 e. The zero-order valence-electron chi connectivity index (χ0n) is 15.8. The lowest BCUT2D eigenvalue weighted by molar-refractivity contribution is -0.688. The van der Waals surface area contributed by atoms with Crippen LogP contribution >= 0.6 is 0 Å². The molecule has 0 atom stereocenters. The molecule has 0 saturated heterocycles. The standard InChI is InChI=1S/C23H19FNO3.ClH/c1-2-27-19-6-7-20-21(14-19)28-22(23(20)26)13-16-8-10-25(11-9-16)15-17-4-3-5-18(24)12-17;/h3-14H,2,15H2,1H3;1H/q+1;/p-1/b22-13-;. The van der Waals surface area contributed by atoms with E-state index in [0.717, 1.165) is 11.1 Å². The Morgan fingerprint density at radius 2 is 1.90 bits per heavy atom. The van der Waals surface area contributed by atoms with Crippen LogP contribution in [-0.4, -0.2) is 12.4 Å². The molecule has 6 heteroatoms. The molecule has 0 bridgehead atoms. The van der Waals surface area contributed by atoms with Gasteiger partial charge in [-0.05, 0) is 42.8 Å². The molecule has 2 aromatic carbocycles. The largest absolute Gasteiger partial charge is 1.00 e. The number of ketones is 1. The van der Waals surface area contributed by atoms with E-state index < -0.39 is 0 Å². The maximum absolute atomic E-state index is 13.3. The maximum Gasteiger partial charge on any atom is 0.231 e. The second-order valence-electron chi connectivity index (χ2n) is 6.46. The molecule has 0 radical (unpaired) electrons. The number of pyridine rings is 1. The van der Waals surface area contributed by atoms with Gasteiger partial charge < -0.3 is 21.9 Å². The summed E-state index contributed by atoms with van der Waals surface area (Å²) in [6.45, 7) is 3.02. The number of carbonyl (C=O) groups is 1. The molecule has 1 aliphatic rings. The van der Waals surface area contributed by atoms with E-state index >= 15 is 0 Å². The van der Waals surface area contributed by atoms with Crippen LogP contribution in [-0.2, 0) is 6.54 Å². The summed E-state index contributed by atoms with van der Waals surface area (Å²) in [6.07, 6.45) is 5.49. The van der Waals surface area contributed by atoms with Gasteiger partial charge in [0.15, 0.2) is 24.7 Å². The third kappa shape index (κ3) is 4.63. The number of Topliss-reactive ketones (excluding diaryl/α,β-unsaturated/α-hetero) is 1. The van der Waals surface area contributed by atoms with Crippen LogP contribution in [0.1, 0.15) is 28.4 Å². The molecule has 4 rings (SSSR count). The van der Waals surface area contributed by atoms with Gasteiger partial charge in [-0.3, -0.25) is 4.79 Å². The van der Waals surface area contributed by atoms with Crippen molar-refractivity contribution in [3.05, 3.63) is 95.3 Å². The third-order valence-electron chi connectivity index (χ3n) is 4.42. The molecule has 3 aromatic rings. The third-order valence-corrected chi connectivity index (χ3v) is 4.42. The monoisotopic (exact) mass is 411 g/mol. The minimum absolute atomic E-state index is 0. The van der Waals surface area contributed by atoms with E-state index in [2.05, 4.69) is 0 Å². The van der Waals surface area contributed by atoms with Crippen molar-refractivity contribution in [3.8, 4) is 11.5 Å². The van der Waals surface area contributed by atoms with Gasteiger partial charge in [0, 0.05) is 23.8 Å². The number of ether oxygens (including phenoxy) is 2. The number of halogens is 2. The number of hydrogen-bond acceptors (Lipinski definition) is 3. The minimum Gasteiger partial charge on any atom is -1.00 e. The Bertz CT molecular complexity index is 1060. The highest BCUT2D eigenvalue weighted by molar-refractivity contribution is 6.14. The van der Waals surface area contributed by atoms with Crippen LogP contribution in [0.3, 0.4) is 0 Å². The normalized spacial score (nSPS) is 13.6. The predicted molar refractivity (Wildman–Crippen MR) is 103 cm³/mol. The predicted octanol–water partition coefficient (Wildman–Crippen LogP) is 1.18. The Morgan fingerprint density at radius 3 is 2.62 bits per heavy atom. The lowest BCUT2D eigenvalue weighted by atomic mass is 10.1. The summed E-state index contributed by atoms with van der Waals surface area (Å²) in [4.78, 5) is 12.5. The van der Waals surface area contributed by atoms with E-state index in [-0.39, 0.29) is 29.8 Å². The molecule has 4 nitrogen and oxygen atoms in total. The SMILES string of the molecule is CCOc1ccc2c(c1)O/C(=C\c1cc[n+](Cc3cccc(F)c3)cc1)C2=O.[Cl-]. The Kier molecular flexibility index (Phi) is 6.29. The van der Waals surface area contributed by atoms with Crippen molar-refractivity contribution >= 4 is 11.9 Å². The number of carbonyl (C=O) groups excluding carboxylic acids is 1. The zero-order valence-corrected chi connectivity index (χ0v) is 16.5. The molecule has 29 heavy (non-hydrogen) atoms. The van der Waals surface area contributed by atoms with Crippen LogP contribution < -0.4 is 26.4 Å². The van der Waals surface area contributed by atoms with Crippen LogP contribution in [0, 0.1) is 5.82 Å². The Morgan fingerprint density at radius 1 is 1.10 bits per heavy atom. The van der Waals surface area contributed by atoms with Gasteiger partial charge >= 0.3 is 0 Å². The van der Waals surface area contributed by atoms with Crippen molar-refractivity contribution in [2.45, 2.75) is 13.5 Å². The Labute approximate surface area is 174 Å². The van der Waals surface area contributed by atoms with Crippen molar-refractivity contribution in [1.82, 2.24) is 0 Å². The van der Waals surface area contributed by atoms with Crippen LogP contribution in [0.4, 0.5) is 4.39 Å². The number of rotatable bonds is 5. The second-order valence-corrected chi connectivity index (χ2v) is 6.46. The molecule has 0 N–H and O–H groups in total. The van der Waals surface area contributed by atoms with Gasteiger partial charge in [0.2, 0.25) is 5.78 Å². The van der Waals surface area contributed by atoms with Crippen molar-refractivity contribution in [1.29, 1.82) is 0 Å². The second kappa shape index (κ2) is 8.88. The van der Waals surface area contributed by atoms with E-state index in [4.69, 9.17) is 9.47 Å². The summed E-state index contributed by atoms with van der Waals surface area (Å²) in [5, 5.41) is 0. The van der Waals surface area contributed by atoms with Crippen molar-refractivity contribution in [3.63, 3.8) is 0 Å². The Balaban J connectivity index is 0.00000240. The number of hydrogen-bond donors (Lipinski definition) is 0. The summed E-state index contributed by atoms with van der Waals surface area (Å²) < 4.78 is 26.4. The van der Waals surface area contributed by atoms with Gasteiger partial charge in [0.1, 0.15) is 17.3 Å². The van der Waals surface area contributed by atoms with E-state index in [1.807, 2.05) is 42.1 Å². The summed E-state index contributed by atoms with van der Waals surface area (Å²) in [5.41, 5.74) is 2.26. The molecule has 0 aliphatic carbocycles. The molecule has 2 heterocycles. The molecule has 0 fully saturated rings. The lowest BCUT2D eigenvalue weighted by Gasteiger charge is -2.03. The summed E-state index contributed by atoms with van der Waals surface area (Å²) in [5.74, 6) is 1.08. The topological polar surface area (TPSA) is 39.4 Å². The number of allylic oxidation sites excluding steroid dienone is 1. The van der Waals surface area contributed by atoms with Gasteiger partial charge in [-0.15, -0.1) is 0 Å². The first-order valence-electron chi connectivity index (χ1n) is 9.07. The lowest BCUT2D eigenvalue weighted by Crippen LogP contribution is -3.00. The minimum atomic E-state index is -0.247. The number of nitrogens with zero attached hydrogens (tertiary/aromatic N) is 1. The first-order chi connectivity index (χ1) is 13.6. The zero-order chi connectivity index (χ0) is 19.5. The fraction of sp³-hybridized carbons (Fsp3) is 0.130. The molecule has 148 valence electrons. The highest BCUT2D eigenvalue weighted by atomic mass is 35.5. The highest BCUT2D eigenvalue weighted by Gasteiger charge is 2.27. The number of aromatic nitrogens is 1. The molecular weight excluding hydrogens is 393 g/mol. The average Bonchev–Trinajstić information content (AvgIpc) is 2.99. The van der Waals surface area contributed by atoms with Gasteiger partial charge in [-0.2, -0.15) is 0 Å². The summed E-state index contributed by atoms with van der Waals surface area (Å²) >= 11 is 0. The van der Waals surface area contributed by atoms with Gasteiger partial charge in [-0.1, -0.05) is 12.1 Å². The van der Waals surface area contributed by atoms with E-state index in [1.54, 1.807) is 30.3 Å². The molecule has 1 aliphatic heterocycles. The summed E-state index contributed by atoms with van der Waals surface area (Å²) in [6, 6.07) is 15.5. The van der Waals surface area contributed by atoms with Crippen LogP contribution in [0.25, 0.3) is 6.08 Å². The summed E-state index contributed by atoms with van der Waals surface area (Å²) in [7, 11) is 0. The first kappa shape index (κ1) is 20.6. The molecule has 0 amide bonds.